The number of carbonyl (C=O) groups excluding carboxylic acids is 1. The predicted octanol–water partition coefficient (Wildman–Crippen LogP) is 5.01. The molecule has 1 atom stereocenters. The van der Waals surface area contributed by atoms with Crippen molar-refractivity contribution >= 4 is 5.91 Å². The first-order valence-corrected chi connectivity index (χ1v) is 11.3. The third-order valence-corrected chi connectivity index (χ3v) is 6.12. The zero-order valence-electron chi connectivity index (χ0n) is 18.8. The molecule has 0 saturated carbocycles. The van der Waals surface area contributed by atoms with Crippen LogP contribution in [0.4, 0.5) is 0 Å². The van der Waals surface area contributed by atoms with E-state index in [1.54, 1.807) is 13.2 Å². The maximum absolute atomic E-state index is 12.9. The van der Waals surface area contributed by atoms with Gasteiger partial charge in [-0.15, -0.1) is 0 Å². The molecule has 4 rings (SSSR count). The molecule has 1 aliphatic heterocycles. The second kappa shape index (κ2) is 10.5. The maximum Gasteiger partial charge on any atom is 0.273 e. The van der Waals surface area contributed by atoms with E-state index in [4.69, 9.17) is 9.26 Å². The first-order valence-electron chi connectivity index (χ1n) is 11.3. The Labute approximate surface area is 189 Å². The SMILES string of the molecule is COc1ccc(-c2cc(C(=O)NCC(c3ccc(C)cc3)N3CCCCCC3)no2)cc1. The number of carbonyl (C=O) groups is 1. The van der Waals surface area contributed by atoms with Gasteiger partial charge in [0.1, 0.15) is 5.75 Å². The molecule has 1 N–H and O–H groups in total. The summed E-state index contributed by atoms with van der Waals surface area (Å²) in [5.41, 5.74) is 3.60. The molecule has 6 heteroatoms. The van der Waals surface area contributed by atoms with E-state index in [1.807, 2.05) is 24.3 Å². The number of aryl methyl sites for hydroxylation is 1. The lowest BCUT2D eigenvalue weighted by molar-refractivity contribution is 0.0924. The zero-order chi connectivity index (χ0) is 22.3. The molecule has 2 aromatic carbocycles. The van der Waals surface area contributed by atoms with E-state index in [0.717, 1.165) is 24.4 Å². The van der Waals surface area contributed by atoms with Crippen LogP contribution in [-0.2, 0) is 0 Å². The summed E-state index contributed by atoms with van der Waals surface area (Å²) in [6.07, 6.45) is 4.95. The Morgan fingerprint density at radius 1 is 1.06 bits per heavy atom. The Morgan fingerprint density at radius 2 is 1.75 bits per heavy atom. The van der Waals surface area contributed by atoms with E-state index in [9.17, 15) is 4.79 Å². The van der Waals surface area contributed by atoms with Crippen molar-refractivity contribution in [2.45, 2.75) is 38.6 Å². The van der Waals surface area contributed by atoms with Crippen LogP contribution in [0.5, 0.6) is 5.75 Å². The lowest BCUT2D eigenvalue weighted by atomic mass is 10.0. The number of nitrogens with one attached hydrogen (secondary N) is 1. The molecule has 1 aliphatic rings. The van der Waals surface area contributed by atoms with Crippen LogP contribution < -0.4 is 10.1 Å². The minimum absolute atomic E-state index is 0.144. The molecule has 168 valence electrons. The molecule has 0 radical (unpaired) electrons. The molecular weight excluding hydrogens is 402 g/mol. The van der Waals surface area contributed by atoms with E-state index >= 15 is 0 Å². The standard InChI is InChI=1S/C26H31N3O3/c1-19-7-9-20(10-8-19)24(29-15-5-3-4-6-16-29)18-27-26(30)23-17-25(32-28-23)21-11-13-22(31-2)14-12-21/h7-14,17,24H,3-6,15-16,18H2,1-2H3,(H,27,30). The van der Waals surface area contributed by atoms with Gasteiger partial charge in [0.2, 0.25) is 0 Å². The molecule has 1 unspecified atom stereocenters. The van der Waals surface area contributed by atoms with Gasteiger partial charge < -0.3 is 14.6 Å². The van der Waals surface area contributed by atoms with Crippen molar-refractivity contribution in [1.29, 1.82) is 0 Å². The van der Waals surface area contributed by atoms with E-state index in [0.29, 0.717) is 12.3 Å². The highest BCUT2D eigenvalue weighted by molar-refractivity contribution is 5.93. The third kappa shape index (κ3) is 5.37. The summed E-state index contributed by atoms with van der Waals surface area (Å²) in [5.74, 6) is 1.10. The number of amides is 1. The minimum atomic E-state index is -0.222. The number of hydrogen-bond donors (Lipinski definition) is 1. The van der Waals surface area contributed by atoms with Gasteiger partial charge in [-0.2, -0.15) is 0 Å². The second-order valence-electron chi connectivity index (χ2n) is 8.39. The van der Waals surface area contributed by atoms with Crippen LogP contribution in [0.3, 0.4) is 0 Å². The van der Waals surface area contributed by atoms with Gasteiger partial charge in [0.15, 0.2) is 11.5 Å². The van der Waals surface area contributed by atoms with Crippen molar-refractivity contribution in [3.63, 3.8) is 0 Å². The molecule has 32 heavy (non-hydrogen) atoms. The second-order valence-corrected chi connectivity index (χ2v) is 8.39. The topological polar surface area (TPSA) is 67.6 Å². The summed E-state index contributed by atoms with van der Waals surface area (Å²) in [5, 5.41) is 7.08. The predicted molar refractivity (Wildman–Crippen MR) is 125 cm³/mol. The highest BCUT2D eigenvalue weighted by Crippen LogP contribution is 2.25. The van der Waals surface area contributed by atoms with Crippen LogP contribution in [0, 0.1) is 6.92 Å². The highest BCUT2D eigenvalue weighted by atomic mass is 16.5. The number of hydrogen-bond acceptors (Lipinski definition) is 5. The first kappa shape index (κ1) is 22.1. The van der Waals surface area contributed by atoms with E-state index < -0.39 is 0 Å². The summed E-state index contributed by atoms with van der Waals surface area (Å²) in [4.78, 5) is 15.4. The van der Waals surface area contributed by atoms with Gasteiger partial charge in [0.25, 0.3) is 5.91 Å². The van der Waals surface area contributed by atoms with E-state index in [1.165, 1.54) is 36.8 Å². The number of rotatable bonds is 7. The van der Waals surface area contributed by atoms with Gasteiger partial charge >= 0.3 is 0 Å². The van der Waals surface area contributed by atoms with Gasteiger partial charge in [0, 0.05) is 18.2 Å². The Balaban J connectivity index is 1.45. The van der Waals surface area contributed by atoms with Crippen LogP contribution in [0.2, 0.25) is 0 Å². The smallest absolute Gasteiger partial charge is 0.273 e. The van der Waals surface area contributed by atoms with Gasteiger partial charge in [0.05, 0.1) is 13.2 Å². The molecule has 2 heterocycles. The van der Waals surface area contributed by atoms with Gasteiger partial charge in [-0.05, 0) is 62.7 Å². The van der Waals surface area contributed by atoms with Crippen molar-refractivity contribution in [3.05, 3.63) is 71.4 Å². The van der Waals surface area contributed by atoms with Crippen molar-refractivity contribution in [1.82, 2.24) is 15.4 Å². The van der Waals surface area contributed by atoms with Crippen LogP contribution >= 0.6 is 0 Å². The number of benzene rings is 2. The Hall–Kier alpha value is -3.12. The molecule has 0 aliphatic carbocycles. The molecule has 1 amide bonds. The number of aromatic nitrogens is 1. The molecule has 1 aromatic heterocycles. The summed E-state index contributed by atoms with van der Waals surface area (Å²) in [6, 6.07) is 17.9. The lowest BCUT2D eigenvalue weighted by Gasteiger charge is -2.31. The van der Waals surface area contributed by atoms with Gasteiger partial charge in [-0.1, -0.05) is 47.8 Å². The lowest BCUT2D eigenvalue weighted by Crippen LogP contribution is -2.38. The fourth-order valence-electron chi connectivity index (χ4n) is 4.21. The molecule has 6 nitrogen and oxygen atoms in total. The van der Waals surface area contributed by atoms with Crippen LogP contribution in [0.25, 0.3) is 11.3 Å². The summed E-state index contributed by atoms with van der Waals surface area (Å²) in [6.45, 7) is 4.74. The summed E-state index contributed by atoms with van der Waals surface area (Å²) < 4.78 is 10.6. The van der Waals surface area contributed by atoms with E-state index in [-0.39, 0.29) is 17.6 Å². The number of nitrogens with zero attached hydrogens (tertiary/aromatic N) is 2. The Bertz CT molecular complexity index is 1000. The number of methoxy groups -OCH3 is 1. The molecule has 1 fully saturated rings. The Morgan fingerprint density at radius 3 is 2.41 bits per heavy atom. The van der Waals surface area contributed by atoms with E-state index in [2.05, 4.69) is 46.6 Å². The molecule has 0 bridgehead atoms. The average Bonchev–Trinajstić information content (AvgIpc) is 3.17. The highest BCUT2D eigenvalue weighted by Gasteiger charge is 2.23. The summed E-state index contributed by atoms with van der Waals surface area (Å²) in [7, 11) is 1.63. The van der Waals surface area contributed by atoms with Crippen molar-refractivity contribution in [2.24, 2.45) is 0 Å². The van der Waals surface area contributed by atoms with Gasteiger partial charge in [-0.25, -0.2) is 0 Å². The normalized spacial score (nSPS) is 15.7. The fraction of sp³-hybridized carbons (Fsp3) is 0.385. The monoisotopic (exact) mass is 433 g/mol. The first-order chi connectivity index (χ1) is 15.6. The minimum Gasteiger partial charge on any atom is -0.497 e. The zero-order valence-corrected chi connectivity index (χ0v) is 18.8. The van der Waals surface area contributed by atoms with Crippen molar-refractivity contribution < 1.29 is 14.1 Å². The van der Waals surface area contributed by atoms with Gasteiger partial charge in [-0.3, -0.25) is 9.69 Å². The fourth-order valence-corrected chi connectivity index (χ4v) is 4.21. The van der Waals surface area contributed by atoms with Crippen molar-refractivity contribution in [2.75, 3.05) is 26.7 Å². The number of ether oxygens (including phenoxy) is 1. The Kier molecular flexibility index (Phi) is 7.22. The average molecular weight is 434 g/mol. The third-order valence-electron chi connectivity index (χ3n) is 6.12. The van der Waals surface area contributed by atoms with Crippen LogP contribution in [0.15, 0.2) is 59.1 Å². The molecule has 0 spiro atoms. The maximum atomic E-state index is 12.9. The molecule has 3 aromatic rings. The molecule has 1 saturated heterocycles. The quantitative estimate of drug-likeness (QED) is 0.568. The molecular formula is C26H31N3O3. The van der Waals surface area contributed by atoms with Crippen LogP contribution in [-0.4, -0.2) is 42.7 Å². The largest absolute Gasteiger partial charge is 0.497 e. The summed E-state index contributed by atoms with van der Waals surface area (Å²) >= 11 is 0. The van der Waals surface area contributed by atoms with Crippen LogP contribution in [0.1, 0.15) is 53.3 Å². The number of likely N-dealkylation sites (tertiary alicyclic amines) is 1. The van der Waals surface area contributed by atoms with Crippen molar-refractivity contribution in [3.8, 4) is 17.1 Å².